The van der Waals surface area contributed by atoms with Gasteiger partial charge in [0.1, 0.15) is 17.9 Å². The molecule has 0 spiro atoms. The van der Waals surface area contributed by atoms with Gasteiger partial charge in [0, 0.05) is 0 Å². The van der Waals surface area contributed by atoms with Gasteiger partial charge in [-0.05, 0) is 41.5 Å². The van der Waals surface area contributed by atoms with Gasteiger partial charge in [0.05, 0.1) is 19.8 Å². The van der Waals surface area contributed by atoms with Crippen molar-refractivity contribution in [3.63, 3.8) is 0 Å². The first kappa shape index (κ1) is 19.7. The van der Waals surface area contributed by atoms with Crippen LogP contribution in [0.25, 0.3) is 6.08 Å². The predicted molar refractivity (Wildman–Crippen MR) is 96.2 cm³/mol. The lowest BCUT2D eigenvalue weighted by Gasteiger charge is -2.07. The van der Waals surface area contributed by atoms with E-state index in [1.165, 1.54) is 32.4 Å². The molecule has 0 saturated heterocycles. The lowest BCUT2D eigenvalue weighted by molar-refractivity contribution is -0.143. The zero-order valence-corrected chi connectivity index (χ0v) is 14.8. The minimum atomic E-state index is -0.982. The monoisotopic (exact) mass is 370 g/mol. The maximum Gasteiger partial charge on any atom is 0.345 e. The van der Waals surface area contributed by atoms with Gasteiger partial charge < -0.3 is 19.3 Å². The minimum absolute atomic E-state index is 0.210. The second-order valence-corrected chi connectivity index (χ2v) is 5.40. The third kappa shape index (κ3) is 5.43. The normalized spacial score (nSPS) is 9.85. The molecule has 0 fully saturated rings. The molecule has 2 aromatic rings. The summed E-state index contributed by atoms with van der Waals surface area (Å²) in [6.07, 6.45) is 1.37. The van der Waals surface area contributed by atoms with Gasteiger partial charge in [-0.3, -0.25) is 0 Å². The highest BCUT2D eigenvalue weighted by atomic mass is 16.5. The molecule has 0 unspecified atom stereocenters. The van der Waals surface area contributed by atoms with E-state index in [9.17, 15) is 14.4 Å². The molecule has 0 atom stereocenters. The van der Waals surface area contributed by atoms with Crippen molar-refractivity contribution in [1.82, 2.24) is 0 Å². The van der Waals surface area contributed by atoms with Gasteiger partial charge >= 0.3 is 17.9 Å². The smallest absolute Gasteiger partial charge is 0.345 e. The molecule has 7 nitrogen and oxygen atoms in total. The van der Waals surface area contributed by atoms with Crippen LogP contribution in [0.5, 0.6) is 5.75 Å². The number of hydrogen-bond donors (Lipinski definition) is 1. The second kappa shape index (κ2) is 9.19. The van der Waals surface area contributed by atoms with Crippen LogP contribution in [-0.4, -0.2) is 37.2 Å². The summed E-state index contributed by atoms with van der Waals surface area (Å²) >= 11 is 0. The highest BCUT2D eigenvalue weighted by Gasteiger charge is 2.19. The number of carbonyl (C=O) groups is 3. The molecular weight excluding hydrogens is 352 g/mol. The third-order valence-corrected chi connectivity index (χ3v) is 3.61. The Hall–Kier alpha value is -3.61. The Morgan fingerprint density at radius 3 is 1.93 bits per heavy atom. The topological polar surface area (TPSA) is 99.1 Å². The van der Waals surface area contributed by atoms with Crippen LogP contribution in [0.3, 0.4) is 0 Å². The summed E-state index contributed by atoms with van der Waals surface area (Å²) in [5, 5.41) is 8.88. The van der Waals surface area contributed by atoms with E-state index in [1.54, 1.807) is 36.4 Å². The van der Waals surface area contributed by atoms with Crippen molar-refractivity contribution in [3.8, 4) is 5.75 Å². The molecule has 140 valence electrons. The molecule has 0 aliphatic rings. The first-order valence-corrected chi connectivity index (χ1v) is 7.88. The van der Waals surface area contributed by atoms with Crippen molar-refractivity contribution in [3.05, 3.63) is 70.8 Å². The summed E-state index contributed by atoms with van der Waals surface area (Å²) in [6, 6.07) is 13.1. The molecular formula is C20H18O7. The Bertz CT molecular complexity index is 831. The van der Waals surface area contributed by atoms with Gasteiger partial charge in [-0.2, -0.15) is 0 Å². The van der Waals surface area contributed by atoms with Crippen LogP contribution in [0.4, 0.5) is 0 Å². The van der Waals surface area contributed by atoms with Crippen molar-refractivity contribution in [1.29, 1.82) is 0 Å². The summed E-state index contributed by atoms with van der Waals surface area (Å²) in [5.74, 6) is -1.98. The third-order valence-electron chi connectivity index (χ3n) is 3.61. The maximum absolute atomic E-state index is 11.7. The molecule has 0 heterocycles. The number of hydrogen-bond acceptors (Lipinski definition) is 6. The van der Waals surface area contributed by atoms with E-state index < -0.39 is 17.9 Å². The van der Waals surface area contributed by atoms with Crippen LogP contribution < -0.4 is 4.74 Å². The fraction of sp³-hybridized carbons (Fsp3) is 0.150. The zero-order valence-electron chi connectivity index (χ0n) is 14.8. The molecule has 7 heteroatoms. The molecule has 0 amide bonds. The molecule has 0 aliphatic carbocycles. The number of ether oxygens (including phenoxy) is 3. The second-order valence-electron chi connectivity index (χ2n) is 5.40. The number of carboxylic acids is 1. The molecule has 0 saturated carbocycles. The Morgan fingerprint density at radius 1 is 0.889 bits per heavy atom. The largest absolute Gasteiger partial charge is 0.489 e. The van der Waals surface area contributed by atoms with Gasteiger partial charge in [0.2, 0.25) is 0 Å². The zero-order chi connectivity index (χ0) is 19.8. The van der Waals surface area contributed by atoms with Crippen LogP contribution >= 0.6 is 0 Å². The lowest BCUT2D eigenvalue weighted by atomic mass is 10.1. The van der Waals surface area contributed by atoms with Gasteiger partial charge in [-0.25, -0.2) is 14.4 Å². The number of benzene rings is 2. The number of carbonyl (C=O) groups excluding carboxylic acids is 2. The highest BCUT2D eigenvalue weighted by molar-refractivity contribution is 6.17. The quantitative estimate of drug-likeness (QED) is 0.346. The number of rotatable bonds is 7. The van der Waals surface area contributed by atoms with Gasteiger partial charge in [0.15, 0.2) is 0 Å². The average Bonchev–Trinajstić information content (AvgIpc) is 2.70. The Labute approximate surface area is 155 Å². The van der Waals surface area contributed by atoms with E-state index in [4.69, 9.17) is 9.84 Å². The number of methoxy groups -OCH3 is 2. The van der Waals surface area contributed by atoms with E-state index in [0.717, 1.165) is 5.56 Å². The van der Waals surface area contributed by atoms with E-state index in [-0.39, 0.29) is 17.7 Å². The first-order valence-electron chi connectivity index (χ1n) is 7.88. The summed E-state index contributed by atoms with van der Waals surface area (Å²) in [7, 11) is 2.36. The van der Waals surface area contributed by atoms with E-state index in [0.29, 0.717) is 11.3 Å². The van der Waals surface area contributed by atoms with Crippen LogP contribution in [0.2, 0.25) is 0 Å². The Balaban J connectivity index is 2.05. The molecule has 2 rings (SSSR count). The van der Waals surface area contributed by atoms with Crippen molar-refractivity contribution < 1.29 is 33.7 Å². The van der Waals surface area contributed by atoms with Crippen molar-refractivity contribution in [2.75, 3.05) is 14.2 Å². The van der Waals surface area contributed by atoms with Crippen LogP contribution in [0.1, 0.15) is 21.5 Å². The average molecular weight is 370 g/mol. The van der Waals surface area contributed by atoms with Crippen molar-refractivity contribution in [2.24, 2.45) is 0 Å². The van der Waals surface area contributed by atoms with Crippen molar-refractivity contribution in [2.45, 2.75) is 6.61 Å². The Morgan fingerprint density at radius 2 is 1.44 bits per heavy atom. The summed E-state index contributed by atoms with van der Waals surface area (Å²) in [4.78, 5) is 34.1. The first-order chi connectivity index (χ1) is 12.9. The molecule has 0 radical (unpaired) electrons. The molecule has 1 N–H and O–H groups in total. The van der Waals surface area contributed by atoms with Crippen LogP contribution in [0.15, 0.2) is 54.1 Å². The van der Waals surface area contributed by atoms with E-state index in [1.807, 2.05) is 0 Å². The fourth-order valence-electron chi connectivity index (χ4n) is 2.16. The number of aromatic carboxylic acids is 1. The SMILES string of the molecule is COC(=O)C(=Cc1ccc(OCc2ccc(C(=O)O)cc2)cc1)C(=O)OC. The maximum atomic E-state index is 11.7. The predicted octanol–water partition coefficient (Wildman–Crippen LogP) is 2.69. The highest BCUT2D eigenvalue weighted by Crippen LogP contribution is 2.17. The number of carboxylic acid groups (broad SMARTS) is 1. The molecule has 27 heavy (non-hydrogen) atoms. The molecule has 0 aromatic heterocycles. The van der Waals surface area contributed by atoms with Crippen molar-refractivity contribution >= 4 is 24.0 Å². The summed E-state index contributed by atoms with van der Waals surface area (Å²) < 4.78 is 14.8. The Kier molecular flexibility index (Phi) is 6.71. The lowest BCUT2D eigenvalue weighted by Crippen LogP contribution is -2.15. The molecule has 0 bridgehead atoms. The van der Waals surface area contributed by atoms with Gasteiger partial charge in [-0.1, -0.05) is 24.3 Å². The van der Waals surface area contributed by atoms with Gasteiger partial charge in [0.25, 0.3) is 0 Å². The van der Waals surface area contributed by atoms with Gasteiger partial charge in [-0.15, -0.1) is 0 Å². The number of esters is 2. The van der Waals surface area contributed by atoms with Crippen LogP contribution in [-0.2, 0) is 25.7 Å². The van der Waals surface area contributed by atoms with E-state index >= 15 is 0 Å². The molecule has 0 aliphatic heterocycles. The van der Waals surface area contributed by atoms with Crippen LogP contribution in [0, 0.1) is 0 Å². The standard InChI is InChI=1S/C20H18O7/c1-25-19(23)17(20(24)26-2)11-13-5-9-16(10-6-13)27-12-14-3-7-15(8-4-14)18(21)22/h3-11H,12H2,1-2H3,(H,21,22). The summed E-state index contributed by atoms with van der Waals surface area (Å²) in [6.45, 7) is 0.269. The minimum Gasteiger partial charge on any atom is -0.489 e. The molecule has 2 aromatic carbocycles. The van der Waals surface area contributed by atoms with E-state index in [2.05, 4.69) is 9.47 Å². The fourth-order valence-corrected chi connectivity index (χ4v) is 2.16. The summed E-state index contributed by atoms with van der Waals surface area (Å²) in [5.41, 5.74) is 1.41.